The van der Waals surface area contributed by atoms with Gasteiger partial charge in [-0.2, -0.15) is 0 Å². The fraction of sp³-hybridized carbons (Fsp3) is 0.417. The Kier molecular flexibility index (Phi) is 3.04. The van der Waals surface area contributed by atoms with Crippen LogP contribution < -0.4 is 4.74 Å². The maximum absolute atomic E-state index is 5.67. The van der Waals surface area contributed by atoms with Crippen molar-refractivity contribution in [2.24, 2.45) is 0 Å². The molecule has 75 valence electrons. The monoisotopic (exact) mass is 191 g/mol. The predicted molar refractivity (Wildman–Crippen MR) is 55.1 cm³/mol. The Labute approximate surface area is 84.8 Å². The average Bonchev–Trinajstić information content (AvgIpc) is 2.19. The van der Waals surface area contributed by atoms with Crippen LogP contribution in [-0.2, 0) is 4.74 Å². The minimum absolute atomic E-state index is 0.0643. The van der Waals surface area contributed by atoms with Crippen LogP contribution in [0.1, 0.15) is 24.8 Å². The first-order chi connectivity index (χ1) is 6.84. The Morgan fingerprint density at radius 2 is 2.29 bits per heavy atom. The molecule has 0 aromatic heterocycles. The molecule has 1 atom stereocenters. The van der Waals surface area contributed by atoms with E-state index in [4.69, 9.17) is 9.47 Å². The molecule has 0 aliphatic carbocycles. The highest BCUT2D eigenvalue weighted by Crippen LogP contribution is 2.19. The van der Waals surface area contributed by atoms with E-state index in [0.29, 0.717) is 0 Å². The van der Waals surface area contributed by atoms with E-state index in [1.165, 1.54) is 6.42 Å². The van der Waals surface area contributed by atoms with Crippen molar-refractivity contribution in [3.63, 3.8) is 0 Å². The van der Waals surface area contributed by atoms with Crippen LogP contribution in [0.4, 0.5) is 0 Å². The minimum Gasteiger partial charge on any atom is -0.465 e. The fourth-order valence-electron chi connectivity index (χ4n) is 1.57. The zero-order valence-corrected chi connectivity index (χ0v) is 8.24. The molecule has 14 heavy (non-hydrogen) atoms. The number of ether oxygens (including phenoxy) is 2. The molecule has 1 unspecified atom stereocenters. The molecule has 2 rings (SSSR count). The maximum atomic E-state index is 5.67. The molecule has 0 N–H and O–H groups in total. The lowest BCUT2D eigenvalue weighted by Crippen LogP contribution is -2.24. The Hall–Kier alpha value is -1.02. The quantitative estimate of drug-likeness (QED) is 0.715. The lowest BCUT2D eigenvalue weighted by Gasteiger charge is -2.23. The van der Waals surface area contributed by atoms with E-state index < -0.39 is 0 Å². The molecule has 1 saturated heterocycles. The second-order valence-electron chi connectivity index (χ2n) is 3.56. The summed E-state index contributed by atoms with van der Waals surface area (Å²) in [6.45, 7) is 4.67. The molecule has 1 fully saturated rings. The molecule has 1 aliphatic heterocycles. The molecule has 1 aromatic carbocycles. The van der Waals surface area contributed by atoms with Gasteiger partial charge in [0.25, 0.3) is 0 Å². The van der Waals surface area contributed by atoms with Crippen LogP contribution in [0, 0.1) is 6.92 Å². The normalized spacial score (nSPS) is 21.9. The van der Waals surface area contributed by atoms with Gasteiger partial charge in [-0.3, -0.25) is 0 Å². The Morgan fingerprint density at radius 3 is 3.00 bits per heavy atom. The lowest BCUT2D eigenvalue weighted by molar-refractivity contribution is -0.105. The van der Waals surface area contributed by atoms with E-state index in [1.54, 1.807) is 0 Å². The van der Waals surface area contributed by atoms with Crippen LogP contribution in [0.25, 0.3) is 0 Å². The van der Waals surface area contributed by atoms with Gasteiger partial charge < -0.3 is 9.47 Å². The first-order valence-corrected chi connectivity index (χ1v) is 5.05. The molecule has 1 aromatic rings. The second kappa shape index (κ2) is 4.47. The van der Waals surface area contributed by atoms with E-state index in [-0.39, 0.29) is 6.29 Å². The molecule has 0 spiro atoms. The molecular weight excluding hydrogens is 176 g/mol. The fourth-order valence-corrected chi connectivity index (χ4v) is 1.57. The predicted octanol–water partition coefficient (Wildman–Crippen LogP) is 2.77. The summed E-state index contributed by atoms with van der Waals surface area (Å²) in [7, 11) is 0. The largest absolute Gasteiger partial charge is 0.465 e. The van der Waals surface area contributed by atoms with E-state index in [2.05, 4.69) is 6.92 Å². The molecule has 0 bridgehead atoms. The van der Waals surface area contributed by atoms with Crippen molar-refractivity contribution < 1.29 is 9.47 Å². The Balaban J connectivity index is 1.95. The molecule has 0 amide bonds. The molecule has 0 saturated carbocycles. The van der Waals surface area contributed by atoms with Crippen LogP contribution in [0.3, 0.4) is 0 Å². The third kappa shape index (κ3) is 2.48. The first-order valence-electron chi connectivity index (χ1n) is 5.05. The van der Waals surface area contributed by atoms with E-state index in [0.717, 1.165) is 30.8 Å². The van der Waals surface area contributed by atoms with Crippen molar-refractivity contribution in [1.29, 1.82) is 0 Å². The Bertz CT molecular complexity index is 290. The second-order valence-corrected chi connectivity index (χ2v) is 3.56. The van der Waals surface area contributed by atoms with Crippen LogP contribution in [0.15, 0.2) is 24.3 Å². The van der Waals surface area contributed by atoms with Gasteiger partial charge in [-0.15, -0.1) is 0 Å². The molecule has 1 aliphatic rings. The van der Waals surface area contributed by atoms with Crippen LogP contribution >= 0.6 is 0 Å². The van der Waals surface area contributed by atoms with Gasteiger partial charge in [-0.1, -0.05) is 12.1 Å². The van der Waals surface area contributed by atoms with Crippen molar-refractivity contribution in [2.75, 3.05) is 6.61 Å². The van der Waals surface area contributed by atoms with Crippen molar-refractivity contribution >= 4 is 0 Å². The molecule has 1 radical (unpaired) electrons. The van der Waals surface area contributed by atoms with Crippen LogP contribution in [-0.4, -0.2) is 12.9 Å². The molecule has 2 nitrogen and oxygen atoms in total. The number of hydrogen-bond donors (Lipinski definition) is 0. The summed E-state index contributed by atoms with van der Waals surface area (Å²) in [6.07, 6.45) is 3.26. The van der Waals surface area contributed by atoms with Gasteiger partial charge in [0.15, 0.2) is 6.29 Å². The summed E-state index contributed by atoms with van der Waals surface area (Å²) in [4.78, 5) is 0. The van der Waals surface area contributed by atoms with Crippen molar-refractivity contribution in [2.45, 2.75) is 25.6 Å². The molecule has 1 heterocycles. The third-order valence-electron chi connectivity index (χ3n) is 2.30. The summed E-state index contributed by atoms with van der Waals surface area (Å²) in [5, 5.41) is 0. The highest BCUT2D eigenvalue weighted by molar-refractivity contribution is 5.29. The highest BCUT2D eigenvalue weighted by atomic mass is 16.7. The summed E-state index contributed by atoms with van der Waals surface area (Å²) in [6, 6.07) is 7.76. The van der Waals surface area contributed by atoms with Gasteiger partial charge >= 0.3 is 0 Å². The summed E-state index contributed by atoms with van der Waals surface area (Å²) < 4.78 is 11.2. The standard InChI is InChI=1S/C12H15O2/c1-10-5-4-6-11(9-10)14-12-7-2-3-8-13-12/h4-6,9,12H,1-3,7-8H2. The summed E-state index contributed by atoms with van der Waals surface area (Å²) in [5.74, 6) is 0.851. The number of hydrogen-bond acceptors (Lipinski definition) is 2. The van der Waals surface area contributed by atoms with E-state index in [9.17, 15) is 0 Å². The lowest BCUT2D eigenvalue weighted by atomic mass is 10.2. The topological polar surface area (TPSA) is 18.5 Å². The van der Waals surface area contributed by atoms with Crippen LogP contribution in [0.2, 0.25) is 0 Å². The van der Waals surface area contributed by atoms with Gasteiger partial charge in [-0.25, -0.2) is 0 Å². The maximum Gasteiger partial charge on any atom is 0.199 e. The van der Waals surface area contributed by atoms with Crippen molar-refractivity contribution in [3.8, 4) is 5.75 Å². The van der Waals surface area contributed by atoms with Gasteiger partial charge in [-0.05, 0) is 37.5 Å². The van der Waals surface area contributed by atoms with Crippen LogP contribution in [0.5, 0.6) is 5.75 Å². The molecule has 2 heteroatoms. The Morgan fingerprint density at radius 1 is 1.36 bits per heavy atom. The van der Waals surface area contributed by atoms with Crippen molar-refractivity contribution in [1.82, 2.24) is 0 Å². The van der Waals surface area contributed by atoms with Gasteiger partial charge in [0.1, 0.15) is 5.75 Å². The number of rotatable bonds is 2. The minimum atomic E-state index is -0.0643. The highest BCUT2D eigenvalue weighted by Gasteiger charge is 2.14. The zero-order chi connectivity index (χ0) is 9.80. The van der Waals surface area contributed by atoms with Crippen molar-refractivity contribution in [3.05, 3.63) is 36.8 Å². The van der Waals surface area contributed by atoms with Gasteiger partial charge in [0, 0.05) is 6.42 Å². The van der Waals surface area contributed by atoms with E-state index >= 15 is 0 Å². The average molecular weight is 191 g/mol. The van der Waals surface area contributed by atoms with Gasteiger partial charge in [0.05, 0.1) is 6.61 Å². The SMILES string of the molecule is [CH2]c1cccc(OC2CCCCO2)c1. The molecular formula is C12H15O2. The summed E-state index contributed by atoms with van der Waals surface area (Å²) >= 11 is 0. The first kappa shape index (κ1) is 9.53. The summed E-state index contributed by atoms with van der Waals surface area (Å²) in [5.41, 5.74) is 0.971. The smallest absolute Gasteiger partial charge is 0.199 e. The van der Waals surface area contributed by atoms with Gasteiger partial charge in [0.2, 0.25) is 0 Å². The zero-order valence-electron chi connectivity index (χ0n) is 8.24. The number of benzene rings is 1. The third-order valence-corrected chi connectivity index (χ3v) is 2.30. The van der Waals surface area contributed by atoms with E-state index in [1.807, 2.05) is 24.3 Å².